The van der Waals surface area contributed by atoms with Crippen LogP contribution in [0, 0.1) is 0 Å². The van der Waals surface area contributed by atoms with Gasteiger partial charge in [0.05, 0.1) is 16.9 Å². The summed E-state index contributed by atoms with van der Waals surface area (Å²) in [5, 5.41) is 12.0. The summed E-state index contributed by atoms with van der Waals surface area (Å²) in [5.74, 6) is -0.915. The van der Waals surface area contributed by atoms with Gasteiger partial charge in [0, 0.05) is 6.54 Å². The molecule has 0 saturated carbocycles. The standard InChI is InChI=1S/C14H14N2O2/c15-12-3-1-2-4-13(12)16-9-10-5-7-11(8-6-10)14(17)18/h1-8,16H,9,15H2,(H,17,18). The average molecular weight is 242 g/mol. The molecule has 0 aliphatic carbocycles. The zero-order valence-corrected chi connectivity index (χ0v) is 9.76. The Morgan fingerprint density at radius 2 is 1.78 bits per heavy atom. The molecule has 0 atom stereocenters. The van der Waals surface area contributed by atoms with Crippen LogP contribution in [0.3, 0.4) is 0 Å². The fourth-order valence-corrected chi connectivity index (χ4v) is 1.62. The van der Waals surface area contributed by atoms with Gasteiger partial charge in [-0.3, -0.25) is 0 Å². The minimum absolute atomic E-state index is 0.290. The van der Waals surface area contributed by atoms with E-state index in [4.69, 9.17) is 10.8 Å². The van der Waals surface area contributed by atoms with E-state index < -0.39 is 5.97 Å². The van der Waals surface area contributed by atoms with Crippen molar-refractivity contribution in [3.8, 4) is 0 Å². The molecule has 4 N–H and O–H groups in total. The highest BCUT2D eigenvalue weighted by Gasteiger charge is 2.02. The normalized spacial score (nSPS) is 10.0. The van der Waals surface area contributed by atoms with E-state index in [1.165, 1.54) is 0 Å². The van der Waals surface area contributed by atoms with Gasteiger partial charge in [0.25, 0.3) is 0 Å². The van der Waals surface area contributed by atoms with E-state index in [1.54, 1.807) is 24.3 Å². The number of carboxylic acid groups (broad SMARTS) is 1. The number of nitrogens with one attached hydrogen (secondary N) is 1. The Morgan fingerprint density at radius 3 is 2.39 bits per heavy atom. The molecule has 0 amide bonds. The molecule has 0 aliphatic rings. The lowest BCUT2D eigenvalue weighted by atomic mass is 10.1. The van der Waals surface area contributed by atoms with E-state index in [-0.39, 0.29) is 5.56 Å². The minimum atomic E-state index is -0.915. The van der Waals surface area contributed by atoms with Crippen LogP contribution in [-0.4, -0.2) is 11.1 Å². The van der Waals surface area contributed by atoms with Crippen LogP contribution in [0.5, 0.6) is 0 Å². The van der Waals surface area contributed by atoms with Crippen LogP contribution >= 0.6 is 0 Å². The van der Waals surface area contributed by atoms with E-state index in [9.17, 15) is 4.79 Å². The van der Waals surface area contributed by atoms with Gasteiger partial charge in [0.2, 0.25) is 0 Å². The van der Waals surface area contributed by atoms with Crippen LogP contribution in [0.25, 0.3) is 0 Å². The Bertz CT molecular complexity index is 550. The fraction of sp³-hybridized carbons (Fsp3) is 0.0714. The first-order chi connectivity index (χ1) is 8.66. The zero-order chi connectivity index (χ0) is 13.0. The number of carboxylic acids is 1. The van der Waals surface area contributed by atoms with Gasteiger partial charge in [0.1, 0.15) is 0 Å². The van der Waals surface area contributed by atoms with Crippen LogP contribution in [-0.2, 0) is 6.54 Å². The molecule has 4 nitrogen and oxygen atoms in total. The van der Waals surface area contributed by atoms with Crippen molar-refractivity contribution < 1.29 is 9.90 Å². The van der Waals surface area contributed by atoms with Gasteiger partial charge >= 0.3 is 5.97 Å². The SMILES string of the molecule is Nc1ccccc1NCc1ccc(C(=O)O)cc1. The topological polar surface area (TPSA) is 75.3 Å². The molecule has 0 radical (unpaired) electrons. The lowest BCUT2D eigenvalue weighted by Gasteiger charge is -2.09. The van der Waals surface area contributed by atoms with Crippen molar-refractivity contribution in [2.24, 2.45) is 0 Å². The molecule has 0 aromatic heterocycles. The first kappa shape index (κ1) is 12.0. The summed E-state index contributed by atoms with van der Waals surface area (Å²) in [7, 11) is 0. The monoisotopic (exact) mass is 242 g/mol. The predicted molar refractivity (Wildman–Crippen MR) is 71.6 cm³/mol. The molecule has 2 rings (SSSR count). The molecule has 0 heterocycles. The maximum Gasteiger partial charge on any atom is 0.335 e. The van der Waals surface area contributed by atoms with Crippen LogP contribution in [0.15, 0.2) is 48.5 Å². The maximum atomic E-state index is 10.7. The van der Waals surface area contributed by atoms with Crippen molar-refractivity contribution in [3.63, 3.8) is 0 Å². The second-order valence-electron chi connectivity index (χ2n) is 3.94. The van der Waals surface area contributed by atoms with Crippen LogP contribution in [0.4, 0.5) is 11.4 Å². The molecule has 0 spiro atoms. The molecule has 2 aromatic carbocycles. The lowest BCUT2D eigenvalue weighted by Crippen LogP contribution is -2.03. The number of aromatic carboxylic acids is 1. The highest BCUT2D eigenvalue weighted by Crippen LogP contribution is 2.17. The Hall–Kier alpha value is -2.49. The summed E-state index contributed by atoms with van der Waals surface area (Å²) < 4.78 is 0. The molecule has 0 unspecified atom stereocenters. The third-order valence-electron chi connectivity index (χ3n) is 2.64. The molecular formula is C14H14N2O2. The van der Waals surface area contributed by atoms with Crippen molar-refractivity contribution in [1.29, 1.82) is 0 Å². The van der Waals surface area contributed by atoms with E-state index in [2.05, 4.69) is 5.32 Å². The first-order valence-corrected chi connectivity index (χ1v) is 5.57. The van der Waals surface area contributed by atoms with E-state index >= 15 is 0 Å². The van der Waals surface area contributed by atoms with Crippen molar-refractivity contribution >= 4 is 17.3 Å². The molecule has 18 heavy (non-hydrogen) atoms. The smallest absolute Gasteiger partial charge is 0.335 e. The third kappa shape index (κ3) is 2.79. The van der Waals surface area contributed by atoms with Crippen LogP contribution in [0.1, 0.15) is 15.9 Å². The molecule has 92 valence electrons. The van der Waals surface area contributed by atoms with E-state index in [0.717, 1.165) is 11.3 Å². The Balaban J connectivity index is 2.02. The molecular weight excluding hydrogens is 228 g/mol. The quantitative estimate of drug-likeness (QED) is 0.720. The number of hydrogen-bond donors (Lipinski definition) is 3. The molecule has 0 aliphatic heterocycles. The summed E-state index contributed by atoms with van der Waals surface area (Å²) in [5.41, 5.74) is 8.67. The molecule has 0 saturated heterocycles. The number of benzene rings is 2. The summed E-state index contributed by atoms with van der Waals surface area (Å²) in [6.45, 7) is 0.605. The van der Waals surface area contributed by atoms with Crippen molar-refractivity contribution in [2.75, 3.05) is 11.1 Å². The zero-order valence-electron chi connectivity index (χ0n) is 9.76. The summed E-state index contributed by atoms with van der Waals surface area (Å²) in [4.78, 5) is 10.7. The number of rotatable bonds is 4. The molecule has 0 bridgehead atoms. The van der Waals surface area contributed by atoms with Gasteiger partial charge in [0.15, 0.2) is 0 Å². The van der Waals surface area contributed by atoms with Gasteiger partial charge < -0.3 is 16.2 Å². The summed E-state index contributed by atoms with van der Waals surface area (Å²) in [6, 6.07) is 14.3. The van der Waals surface area contributed by atoms with Gasteiger partial charge in [-0.25, -0.2) is 4.79 Å². The van der Waals surface area contributed by atoms with E-state index in [0.29, 0.717) is 12.2 Å². The van der Waals surface area contributed by atoms with Gasteiger partial charge in [-0.1, -0.05) is 24.3 Å². The maximum absolute atomic E-state index is 10.7. The Morgan fingerprint density at radius 1 is 1.11 bits per heavy atom. The van der Waals surface area contributed by atoms with E-state index in [1.807, 2.05) is 24.3 Å². The van der Waals surface area contributed by atoms with Crippen LogP contribution < -0.4 is 11.1 Å². The second-order valence-corrected chi connectivity index (χ2v) is 3.94. The molecule has 2 aromatic rings. The Labute approximate surface area is 105 Å². The highest BCUT2D eigenvalue weighted by molar-refractivity contribution is 5.87. The van der Waals surface area contributed by atoms with Crippen molar-refractivity contribution in [2.45, 2.75) is 6.54 Å². The number of anilines is 2. The largest absolute Gasteiger partial charge is 0.478 e. The number of hydrogen-bond acceptors (Lipinski definition) is 3. The Kier molecular flexibility index (Phi) is 3.48. The third-order valence-corrected chi connectivity index (χ3v) is 2.64. The highest BCUT2D eigenvalue weighted by atomic mass is 16.4. The average Bonchev–Trinajstić information content (AvgIpc) is 2.38. The lowest BCUT2D eigenvalue weighted by molar-refractivity contribution is 0.0697. The van der Waals surface area contributed by atoms with Gasteiger partial charge in [-0.05, 0) is 29.8 Å². The second kappa shape index (κ2) is 5.23. The summed E-state index contributed by atoms with van der Waals surface area (Å²) in [6.07, 6.45) is 0. The molecule has 4 heteroatoms. The van der Waals surface area contributed by atoms with Crippen molar-refractivity contribution in [1.82, 2.24) is 0 Å². The fourth-order valence-electron chi connectivity index (χ4n) is 1.62. The number of nitrogen functional groups attached to an aromatic ring is 1. The van der Waals surface area contributed by atoms with Crippen molar-refractivity contribution in [3.05, 3.63) is 59.7 Å². The van der Waals surface area contributed by atoms with Gasteiger partial charge in [-0.15, -0.1) is 0 Å². The predicted octanol–water partition coefficient (Wildman–Crippen LogP) is 2.58. The number of carbonyl (C=O) groups is 1. The minimum Gasteiger partial charge on any atom is -0.478 e. The van der Waals surface area contributed by atoms with Crippen LogP contribution in [0.2, 0.25) is 0 Å². The molecule has 0 fully saturated rings. The first-order valence-electron chi connectivity index (χ1n) is 5.57. The van der Waals surface area contributed by atoms with Gasteiger partial charge in [-0.2, -0.15) is 0 Å². The summed E-state index contributed by atoms with van der Waals surface area (Å²) >= 11 is 0. The number of para-hydroxylation sites is 2. The number of nitrogens with two attached hydrogens (primary N) is 1.